The van der Waals surface area contributed by atoms with Gasteiger partial charge in [-0.25, -0.2) is 8.78 Å². The lowest BCUT2D eigenvalue weighted by atomic mass is 10.0. The lowest BCUT2D eigenvalue weighted by Gasteiger charge is -2.10. The van der Waals surface area contributed by atoms with E-state index in [1.54, 1.807) is 0 Å². The van der Waals surface area contributed by atoms with Gasteiger partial charge in [0.25, 0.3) is 0 Å². The van der Waals surface area contributed by atoms with Gasteiger partial charge >= 0.3 is 6.18 Å². The molecule has 0 radical (unpaired) electrons. The van der Waals surface area contributed by atoms with Crippen molar-refractivity contribution in [3.8, 4) is 0 Å². The summed E-state index contributed by atoms with van der Waals surface area (Å²) in [6.07, 6.45) is -4.63. The summed E-state index contributed by atoms with van der Waals surface area (Å²) >= 11 is 2.95. The lowest BCUT2D eigenvalue weighted by Crippen LogP contribution is -2.10. The topological polar surface area (TPSA) is 17.1 Å². The third-order valence-corrected chi connectivity index (χ3v) is 3.41. The second-order valence-electron chi connectivity index (χ2n) is 4.15. The van der Waals surface area contributed by atoms with Gasteiger partial charge in [-0.2, -0.15) is 13.2 Å². The monoisotopic (exact) mass is 364 g/mol. The molecule has 0 unspecified atom stereocenters. The molecule has 0 atom stereocenters. The Labute approximate surface area is 124 Å². The van der Waals surface area contributed by atoms with Gasteiger partial charge in [0, 0.05) is 16.1 Å². The Morgan fingerprint density at radius 2 is 1.62 bits per heavy atom. The first-order chi connectivity index (χ1) is 9.70. The number of carbonyl (C=O) groups excluding carboxylic acids is 1. The summed E-state index contributed by atoms with van der Waals surface area (Å²) < 4.78 is 64.4. The van der Waals surface area contributed by atoms with Crippen LogP contribution in [0.15, 0.2) is 40.9 Å². The molecular weight excluding hydrogens is 359 g/mol. The van der Waals surface area contributed by atoms with Crippen molar-refractivity contribution in [3.05, 3.63) is 69.2 Å². The summed E-state index contributed by atoms with van der Waals surface area (Å²) in [5.41, 5.74) is -1.89. The number of benzene rings is 2. The van der Waals surface area contributed by atoms with E-state index in [0.717, 1.165) is 24.3 Å². The Morgan fingerprint density at radius 1 is 0.952 bits per heavy atom. The molecule has 21 heavy (non-hydrogen) atoms. The molecule has 2 aromatic rings. The smallest absolute Gasteiger partial charge is 0.288 e. The van der Waals surface area contributed by atoms with E-state index in [1.165, 1.54) is 0 Å². The Morgan fingerprint density at radius 3 is 2.19 bits per heavy atom. The molecule has 0 N–H and O–H groups in total. The molecule has 0 fully saturated rings. The molecule has 0 saturated heterocycles. The van der Waals surface area contributed by atoms with Crippen molar-refractivity contribution < 1.29 is 26.7 Å². The maximum Gasteiger partial charge on any atom is 0.416 e. The van der Waals surface area contributed by atoms with Gasteiger partial charge in [-0.15, -0.1) is 0 Å². The quantitative estimate of drug-likeness (QED) is 0.542. The fourth-order valence-electron chi connectivity index (χ4n) is 1.69. The predicted molar refractivity (Wildman–Crippen MR) is 68.9 cm³/mol. The van der Waals surface area contributed by atoms with Gasteiger partial charge in [-0.1, -0.05) is 15.9 Å². The zero-order chi connectivity index (χ0) is 15.8. The number of hydrogen-bond acceptors (Lipinski definition) is 1. The molecule has 0 bridgehead atoms. The molecule has 0 heterocycles. The van der Waals surface area contributed by atoms with Crippen LogP contribution in [0, 0.1) is 11.6 Å². The number of rotatable bonds is 2. The lowest BCUT2D eigenvalue weighted by molar-refractivity contribution is -0.137. The molecule has 7 heteroatoms. The molecule has 0 spiro atoms. The number of carbonyl (C=O) groups is 1. The van der Waals surface area contributed by atoms with E-state index in [-0.39, 0.29) is 10.0 Å². The minimum atomic E-state index is -4.63. The second-order valence-corrected chi connectivity index (χ2v) is 5.00. The fraction of sp³-hybridized carbons (Fsp3) is 0.0714. The molecule has 0 aliphatic rings. The van der Waals surface area contributed by atoms with Gasteiger partial charge in [-0.05, 0) is 30.3 Å². The minimum Gasteiger partial charge on any atom is -0.288 e. The summed E-state index contributed by atoms with van der Waals surface area (Å²) in [6, 6.07) is 4.71. The fourth-order valence-corrected chi connectivity index (χ4v) is 2.12. The summed E-state index contributed by atoms with van der Waals surface area (Å²) in [5.74, 6) is -2.98. The highest BCUT2D eigenvalue weighted by molar-refractivity contribution is 9.10. The molecule has 0 saturated carbocycles. The molecule has 0 amide bonds. The third-order valence-electron chi connectivity index (χ3n) is 2.71. The Bertz CT molecular complexity index is 709. The van der Waals surface area contributed by atoms with Crippen LogP contribution in [0.3, 0.4) is 0 Å². The molecule has 1 nitrogen and oxygen atoms in total. The van der Waals surface area contributed by atoms with E-state index in [9.17, 15) is 26.7 Å². The van der Waals surface area contributed by atoms with Crippen LogP contribution in [-0.2, 0) is 6.18 Å². The van der Waals surface area contributed by atoms with Gasteiger partial charge < -0.3 is 0 Å². The number of halogens is 6. The standard InChI is InChI=1S/C14H6BrF5O/c15-11-4-1-7(14(18,19)20)5-10(11)13(21)9-3-2-8(16)6-12(9)17/h1-6H. The maximum atomic E-state index is 13.6. The molecule has 0 aliphatic heterocycles. The van der Waals surface area contributed by atoms with Crippen LogP contribution < -0.4 is 0 Å². The Hall–Kier alpha value is -1.76. The van der Waals surface area contributed by atoms with E-state index in [4.69, 9.17) is 0 Å². The van der Waals surface area contributed by atoms with Crippen LogP contribution in [0.1, 0.15) is 21.5 Å². The van der Waals surface area contributed by atoms with Crippen molar-refractivity contribution in [2.75, 3.05) is 0 Å². The third kappa shape index (κ3) is 3.29. The average molecular weight is 365 g/mol. The van der Waals surface area contributed by atoms with Crippen LogP contribution in [0.2, 0.25) is 0 Å². The largest absolute Gasteiger partial charge is 0.416 e. The van der Waals surface area contributed by atoms with E-state index in [2.05, 4.69) is 15.9 Å². The summed E-state index contributed by atoms with van der Waals surface area (Å²) in [4.78, 5) is 12.1. The maximum absolute atomic E-state index is 13.6. The summed E-state index contributed by atoms with van der Waals surface area (Å²) in [6.45, 7) is 0. The van der Waals surface area contributed by atoms with Crippen molar-refractivity contribution >= 4 is 21.7 Å². The zero-order valence-corrected chi connectivity index (χ0v) is 11.7. The van der Waals surface area contributed by atoms with Gasteiger partial charge in [0.05, 0.1) is 11.1 Å². The van der Waals surface area contributed by atoms with Crippen LogP contribution in [0.25, 0.3) is 0 Å². The normalized spacial score (nSPS) is 11.5. The Balaban J connectivity index is 2.53. The van der Waals surface area contributed by atoms with Crippen molar-refractivity contribution in [1.29, 1.82) is 0 Å². The summed E-state index contributed by atoms with van der Waals surface area (Å²) in [7, 11) is 0. The SMILES string of the molecule is O=C(c1ccc(F)cc1F)c1cc(C(F)(F)F)ccc1Br. The van der Waals surface area contributed by atoms with E-state index in [0.29, 0.717) is 12.1 Å². The first-order valence-corrected chi connectivity index (χ1v) is 6.36. The predicted octanol–water partition coefficient (Wildman–Crippen LogP) is 4.98. The van der Waals surface area contributed by atoms with E-state index >= 15 is 0 Å². The van der Waals surface area contributed by atoms with Crippen LogP contribution in [0.5, 0.6) is 0 Å². The minimum absolute atomic E-state index is 0.0872. The molecule has 0 aromatic heterocycles. The van der Waals surface area contributed by atoms with Crippen LogP contribution in [0.4, 0.5) is 22.0 Å². The summed E-state index contributed by atoms with van der Waals surface area (Å²) in [5, 5.41) is 0. The molecule has 2 rings (SSSR count). The van der Waals surface area contributed by atoms with Gasteiger partial charge in [-0.3, -0.25) is 4.79 Å². The van der Waals surface area contributed by atoms with Gasteiger partial charge in [0.1, 0.15) is 11.6 Å². The number of alkyl halides is 3. The molecule has 110 valence electrons. The van der Waals surface area contributed by atoms with Crippen LogP contribution >= 0.6 is 15.9 Å². The van der Waals surface area contributed by atoms with Crippen molar-refractivity contribution in [2.45, 2.75) is 6.18 Å². The zero-order valence-electron chi connectivity index (χ0n) is 10.1. The van der Waals surface area contributed by atoms with Crippen molar-refractivity contribution in [2.24, 2.45) is 0 Å². The molecular formula is C14H6BrF5O. The first-order valence-electron chi connectivity index (χ1n) is 5.56. The highest BCUT2D eigenvalue weighted by Crippen LogP contribution is 2.32. The number of hydrogen-bond donors (Lipinski definition) is 0. The average Bonchev–Trinajstić information content (AvgIpc) is 2.37. The van der Waals surface area contributed by atoms with Gasteiger partial charge in [0.2, 0.25) is 0 Å². The van der Waals surface area contributed by atoms with Crippen LogP contribution in [-0.4, -0.2) is 5.78 Å². The highest BCUT2D eigenvalue weighted by atomic mass is 79.9. The molecule has 2 aromatic carbocycles. The highest BCUT2D eigenvalue weighted by Gasteiger charge is 2.32. The van der Waals surface area contributed by atoms with Crippen molar-refractivity contribution in [3.63, 3.8) is 0 Å². The molecule has 0 aliphatic carbocycles. The van der Waals surface area contributed by atoms with E-state index < -0.39 is 34.7 Å². The second kappa shape index (κ2) is 5.55. The van der Waals surface area contributed by atoms with Crippen molar-refractivity contribution in [1.82, 2.24) is 0 Å². The van der Waals surface area contributed by atoms with E-state index in [1.807, 2.05) is 0 Å². The first kappa shape index (κ1) is 15.6. The Kier molecular flexibility index (Phi) is 4.13. The number of ketones is 1. The van der Waals surface area contributed by atoms with Gasteiger partial charge in [0.15, 0.2) is 5.78 Å².